The van der Waals surface area contributed by atoms with Crippen molar-refractivity contribution in [1.29, 1.82) is 5.26 Å². The molecule has 0 saturated heterocycles. The molecule has 0 aromatic heterocycles. The highest BCUT2D eigenvalue weighted by Crippen LogP contribution is 2.32. The highest BCUT2D eigenvalue weighted by Gasteiger charge is 2.06. The molecule has 0 unspecified atom stereocenters. The van der Waals surface area contributed by atoms with Gasteiger partial charge in [0, 0.05) is 11.8 Å². The number of benzene rings is 2. The monoisotopic (exact) mass is 288 g/mol. The molecule has 0 fully saturated rings. The molecule has 0 aliphatic heterocycles. The Hall–Kier alpha value is -1.99. The van der Waals surface area contributed by atoms with Crippen LogP contribution in [-0.4, -0.2) is 0 Å². The van der Waals surface area contributed by atoms with Gasteiger partial charge in [-0.3, -0.25) is 0 Å². The van der Waals surface area contributed by atoms with Crippen molar-refractivity contribution >= 4 is 21.6 Å². The number of halogens is 1. The van der Waals surface area contributed by atoms with Crippen molar-refractivity contribution in [1.82, 2.24) is 0 Å². The van der Waals surface area contributed by atoms with Crippen molar-refractivity contribution in [3.8, 4) is 17.6 Å². The standard InChI is InChI=1S/C13H9BrN2O/c14-11-6-5-10(16)7-13(11)17-12-4-2-1-3-9(12)8-15/h1-7H,16H2. The van der Waals surface area contributed by atoms with Crippen LogP contribution in [-0.2, 0) is 0 Å². The summed E-state index contributed by atoms with van der Waals surface area (Å²) in [6.45, 7) is 0. The molecule has 0 aliphatic rings. The fourth-order valence-electron chi connectivity index (χ4n) is 1.36. The number of anilines is 1. The number of nitriles is 1. The van der Waals surface area contributed by atoms with E-state index in [1.54, 1.807) is 36.4 Å². The van der Waals surface area contributed by atoms with Gasteiger partial charge in [-0.2, -0.15) is 5.26 Å². The quantitative estimate of drug-likeness (QED) is 0.858. The summed E-state index contributed by atoms with van der Waals surface area (Å²) in [6.07, 6.45) is 0. The van der Waals surface area contributed by atoms with E-state index in [-0.39, 0.29) is 0 Å². The zero-order valence-corrected chi connectivity index (χ0v) is 10.4. The number of hydrogen-bond donors (Lipinski definition) is 1. The molecule has 2 N–H and O–H groups in total. The van der Waals surface area contributed by atoms with E-state index in [0.29, 0.717) is 22.7 Å². The molecule has 0 aliphatic carbocycles. The van der Waals surface area contributed by atoms with Gasteiger partial charge in [-0.05, 0) is 40.2 Å². The minimum atomic E-state index is 0.488. The van der Waals surface area contributed by atoms with E-state index in [1.165, 1.54) is 0 Å². The first-order valence-corrected chi connectivity index (χ1v) is 5.72. The maximum absolute atomic E-state index is 8.95. The van der Waals surface area contributed by atoms with Crippen molar-refractivity contribution in [2.75, 3.05) is 5.73 Å². The van der Waals surface area contributed by atoms with E-state index >= 15 is 0 Å². The second-order valence-corrected chi connectivity index (χ2v) is 4.25. The van der Waals surface area contributed by atoms with Gasteiger partial charge in [-0.1, -0.05) is 12.1 Å². The Morgan fingerprint density at radius 2 is 1.88 bits per heavy atom. The van der Waals surface area contributed by atoms with Crippen molar-refractivity contribution in [2.45, 2.75) is 0 Å². The van der Waals surface area contributed by atoms with Gasteiger partial charge in [-0.25, -0.2) is 0 Å². The topological polar surface area (TPSA) is 59.0 Å². The van der Waals surface area contributed by atoms with Gasteiger partial charge in [0.25, 0.3) is 0 Å². The molecule has 0 radical (unpaired) electrons. The molecule has 0 bridgehead atoms. The van der Waals surface area contributed by atoms with Gasteiger partial charge in [0.2, 0.25) is 0 Å². The van der Waals surface area contributed by atoms with Crippen LogP contribution in [0.3, 0.4) is 0 Å². The Morgan fingerprint density at radius 1 is 1.12 bits per heavy atom. The van der Waals surface area contributed by atoms with Crippen LogP contribution >= 0.6 is 15.9 Å². The Labute approximate surface area is 108 Å². The summed E-state index contributed by atoms with van der Waals surface area (Å²) in [6, 6.07) is 14.4. The Kier molecular flexibility index (Phi) is 3.31. The molecule has 2 aromatic carbocycles. The fourth-order valence-corrected chi connectivity index (χ4v) is 1.69. The lowest BCUT2D eigenvalue weighted by Crippen LogP contribution is -1.91. The number of rotatable bonds is 2. The summed E-state index contributed by atoms with van der Waals surface area (Å²) in [7, 11) is 0. The first kappa shape index (κ1) is 11.5. The number of para-hydroxylation sites is 1. The molecule has 17 heavy (non-hydrogen) atoms. The molecule has 2 aromatic rings. The second-order valence-electron chi connectivity index (χ2n) is 3.40. The molecule has 0 spiro atoms. The van der Waals surface area contributed by atoms with Crippen LogP contribution in [0.4, 0.5) is 5.69 Å². The van der Waals surface area contributed by atoms with Crippen molar-refractivity contribution in [2.24, 2.45) is 0 Å². The number of ether oxygens (including phenoxy) is 1. The third-order valence-electron chi connectivity index (χ3n) is 2.18. The van der Waals surface area contributed by atoms with Crippen LogP contribution in [0.5, 0.6) is 11.5 Å². The minimum absolute atomic E-state index is 0.488. The molecule has 0 amide bonds. The van der Waals surface area contributed by atoms with Crippen LogP contribution in [0.15, 0.2) is 46.9 Å². The van der Waals surface area contributed by atoms with Crippen LogP contribution in [0.2, 0.25) is 0 Å². The van der Waals surface area contributed by atoms with Gasteiger partial charge >= 0.3 is 0 Å². The first-order chi connectivity index (χ1) is 8.20. The zero-order valence-electron chi connectivity index (χ0n) is 8.85. The maximum atomic E-state index is 8.95. The summed E-state index contributed by atoms with van der Waals surface area (Å²) >= 11 is 3.37. The third-order valence-corrected chi connectivity index (χ3v) is 2.84. The lowest BCUT2D eigenvalue weighted by Gasteiger charge is -2.09. The lowest BCUT2D eigenvalue weighted by atomic mass is 10.2. The SMILES string of the molecule is N#Cc1ccccc1Oc1cc(N)ccc1Br. The average molecular weight is 289 g/mol. The van der Waals surface area contributed by atoms with Crippen LogP contribution in [0.25, 0.3) is 0 Å². The van der Waals surface area contributed by atoms with Gasteiger partial charge in [0.05, 0.1) is 10.0 Å². The largest absolute Gasteiger partial charge is 0.455 e. The highest BCUT2D eigenvalue weighted by atomic mass is 79.9. The molecule has 0 saturated carbocycles. The summed E-state index contributed by atoms with van der Waals surface area (Å²) in [4.78, 5) is 0. The fraction of sp³-hybridized carbons (Fsp3) is 0. The summed E-state index contributed by atoms with van der Waals surface area (Å²) in [5.41, 5.74) is 6.78. The zero-order chi connectivity index (χ0) is 12.3. The maximum Gasteiger partial charge on any atom is 0.145 e. The van der Waals surface area contributed by atoms with E-state index in [0.717, 1.165) is 4.47 Å². The molecule has 0 atom stereocenters. The number of hydrogen-bond acceptors (Lipinski definition) is 3. The third kappa shape index (κ3) is 2.58. The number of nitrogen functional groups attached to an aromatic ring is 1. The van der Waals surface area contributed by atoms with Gasteiger partial charge in [0.15, 0.2) is 0 Å². The number of nitrogens with two attached hydrogens (primary N) is 1. The van der Waals surface area contributed by atoms with E-state index in [2.05, 4.69) is 22.0 Å². The molecule has 0 heterocycles. The molecule has 2 rings (SSSR count). The normalized spacial score (nSPS) is 9.65. The average Bonchev–Trinajstić information content (AvgIpc) is 2.34. The van der Waals surface area contributed by atoms with Gasteiger partial charge in [-0.15, -0.1) is 0 Å². The lowest BCUT2D eigenvalue weighted by molar-refractivity contribution is 0.478. The Bertz CT molecular complexity index is 590. The Balaban J connectivity index is 2.38. The number of nitrogens with zero attached hydrogens (tertiary/aromatic N) is 1. The van der Waals surface area contributed by atoms with Gasteiger partial charge in [0.1, 0.15) is 17.6 Å². The minimum Gasteiger partial charge on any atom is -0.455 e. The summed E-state index contributed by atoms with van der Waals surface area (Å²) in [5, 5.41) is 8.95. The molecule has 84 valence electrons. The molecular weight excluding hydrogens is 280 g/mol. The summed E-state index contributed by atoms with van der Waals surface area (Å²) in [5.74, 6) is 1.11. The van der Waals surface area contributed by atoms with Crippen molar-refractivity contribution < 1.29 is 4.74 Å². The van der Waals surface area contributed by atoms with Crippen molar-refractivity contribution in [3.05, 3.63) is 52.5 Å². The van der Waals surface area contributed by atoms with E-state index in [9.17, 15) is 0 Å². The van der Waals surface area contributed by atoms with Crippen LogP contribution < -0.4 is 10.5 Å². The first-order valence-electron chi connectivity index (χ1n) is 4.92. The van der Waals surface area contributed by atoms with E-state index in [4.69, 9.17) is 15.7 Å². The Morgan fingerprint density at radius 3 is 2.65 bits per heavy atom. The highest BCUT2D eigenvalue weighted by molar-refractivity contribution is 9.10. The van der Waals surface area contributed by atoms with Crippen LogP contribution in [0, 0.1) is 11.3 Å². The predicted molar refractivity (Wildman–Crippen MR) is 69.8 cm³/mol. The van der Waals surface area contributed by atoms with Gasteiger partial charge < -0.3 is 10.5 Å². The molecule has 3 nitrogen and oxygen atoms in total. The molecule has 4 heteroatoms. The molecular formula is C13H9BrN2O. The smallest absolute Gasteiger partial charge is 0.145 e. The van der Waals surface area contributed by atoms with Crippen LogP contribution in [0.1, 0.15) is 5.56 Å². The predicted octanol–water partition coefficient (Wildman–Crippen LogP) is 3.70. The summed E-state index contributed by atoms with van der Waals surface area (Å²) < 4.78 is 6.45. The second kappa shape index (κ2) is 4.89. The van der Waals surface area contributed by atoms with Crippen molar-refractivity contribution in [3.63, 3.8) is 0 Å². The van der Waals surface area contributed by atoms with E-state index in [1.807, 2.05) is 6.07 Å². The van der Waals surface area contributed by atoms with E-state index < -0.39 is 0 Å².